The van der Waals surface area contributed by atoms with Crippen molar-refractivity contribution in [2.75, 3.05) is 20.0 Å². The molecule has 0 bridgehead atoms. The monoisotopic (exact) mass is 426 g/mol. The summed E-state index contributed by atoms with van der Waals surface area (Å²) in [6, 6.07) is 0. The van der Waals surface area contributed by atoms with Gasteiger partial charge in [0.25, 0.3) is 0 Å². The number of carbonyl (C=O) groups excluding carboxylic acids is 1. The maximum absolute atomic E-state index is 12.3. The summed E-state index contributed by atoms with van der Waals surface area (Å²) in [4.78, 5) is 12.3. The van der Waals surface area contributed by atoms with Gasteiger partial charge in [-0.2, -0.15) is 0 Å². The highest BCUT2D eigenvalue weighted by Crippen LogP contribution is 2.20. The third-order valence-corrected chi connectivity index (χ3v) is 6.14. The molecule has 2 atom stereocenters. The van der Waals surface area contributed by atoms with Gasteiger partial charge < -0.3 is 14.2 Å². The predicted molar refractivity (Wildman–Crippen MR) is 125 cm³/mol. The molecular weight excluding hydrogens is 376 g/mol. The molecule has 0 N–H and O–H groups in total. The number of unbranched alkanes of at least 4 members (excludes halogenated alkanes) is 14. The van der Waals surface area contributed by atoms with Gasteiger partial charge in [-0.05, 0) is 12.8 Å². The molecule has 1 heterocycles. The van der Waals surface area contributed by atoms with Crippen molar-refractivity contribution in [2.24, 2.45) is 5.92 Å². The van der Waals surface area contributed by atoms with Crippen LogP contribution in [0.25, 0.3) is 0 Å². The second-order valence-electron chi connectivity index (χ2n) is 9.13. The van der Waals surface area contributed by atoms with Gasteiger partial charge in [0.15, 0.2) is 6.79 Å². The van der Waals surface area contributed by atoms with Crippen molar-refractivity contribution in [3.05, 3.63) is 0 Å². The van der Waals surface area contributed by atoms with E-state index in [0.29, 0.717) is 6.61 Å². The Morgan fingerprint density at radius 3 is 1.73 bits per heavy atom. The van der Waals surface area contributed by atoms with Crippen LogP contribution in [0.2, 0.25) is 0 Å². The summed E-state index contributed by atoms with van der Waals surface area (Å²) >= 11 is 0. The number of hydrogen-bond donors (Lipinski definition) is 0. The van der Waals surface area contributed by atoms with E-state index in [9.17, 15) is 4.79 Å². The van der Waals surface area contributed by atoms with Crippen molar-refractivity contribution in [2.45, 2.75) is 136 Å². The Kier molecular flexibility index (Phi) is 18.6. The van der Waals surface area contributed by atoms with Gasteiger partial charge in [0, 0.05) is 0 Å². The summed E-state index contributed by atoms with van der Waals surface area (Å²) < 4.78 is 15.8. The molecule has 0 aromatic carbocycles. The quantitative estimate of drug-likeness (QED) is 0.0731. The normalized spacial score (nSPS) is 16.5. The lowest BCUT2D eigenvalue weighted by atomic mass is 9.95. The largest absolute Gasteiger partial charge is 0.438 e. The molecule has 0 radical (unpaired) electrons. The summed E-state index contributed by atoms with van der Waals surface area (Å²) in [5.41, 5.74) is 0. The zero-order valence-corrected chi connectivity index (χ0v) is 20.1. The maximum Gasteiger partial charge on any atom is 0.311 e. The number of epoxide rings is 1. The van der Waals surface area contributed by atoms with Crippen LogP contribution in [0.4, 0.5) is 0 Å². The van der Waals surface area contributed by atoms with Gasteiger partial charge >= 0.3 is 5.97 Å². The summed E-state index contributed by atoms with van der Waals surface area (Å²) in [5, 5.41) is 0. The number of carbonyl (C=O) groups is 1. The van der Waals surface area contributed by atoms with Crippen molar-refractivity contribution in [1.82, 2.24) is 0 Å². The Balaban J connectivity index is 1.92. The molecule has 0 spiro atoms. The second-order valence-corrected chi connectivity index (χ2v) is 9.13. The van der Waals surface area contributed by atoms with Crippen LogP contribution in [0, 0.1) is 5.92 Å². The lowest BCUT2D eigenvalue weighted by Gasteiger charge is -2.15. The number of ether oxygens (including phenoxy) is 3. The van der Waals surface area contributed by atoms with Gasteiger partial charge in [-0.1, -0.05) is 117 Å². The van der Waals surface area contributed by atoms with Gasteiger partial charge in [0.1, 0.15) is 6.10 Å². The molecule has 1 fully saturated rings. The summed E-state index contributed by atoms with van der Waals surface area (Å²) in [6.45, 7) is 5.83. The average Bonchev–Trinajstić information content (AvgIpc) is 3.58. The van der Waals surface area contributed by atoms with Crippen molar-refractivity contribution in [3.8, 4) is 0 Å². The third kappa shape index (κ3) is 17.1. The molecule has 30 heavy (non-hydrogen) atoms. The van der Waals surface area contributed by atoms with E-state index in [2.05, 4.69) is 13.8 Å². The van der Waals surface area contributed by atoms with Gasteiger partial charge in [-0.3, -0.25) is 4.79 Å². The fourth-order valence-electron chi connectivity index (χ4n) is 3.98. The Labute approximate surface area is 186 Å². The topological polar surface area (TPSA) is 48.1 Å². The minimum Gasteiger partial charge on any atom is -0.438 e. The van der Waals surface area contributed by atoms with Crippen molar-refractivity contribution >= 4 is 5.97 Å². The minimum absolute atomic E-state index is 0.0445. The molecule has 1 saturated heterocycles. The van der Waals surface area contributed by atoms with Crippen LogP contribution in [0.15, 0.2) is 0 Å². The molecule has 0 saturated carbocycles. The third-order valence-electron chi connectivity index (χ3n) is 6.14. The Morgan fingerprint density at radius 2 is 1.23 bits per heavy atom. The molecule has 1 aliphatic rings. The molecule has 0 aromatic rings. The molecular formula is C26H50O4. The van der Waals surface area contributed by atoms with Crippen molar-refractivity contribution in [1.29, 1.82) is 0 Å². The van der Waals surface area contributed by atoms with Crippen LogP contribution in [-0.2, 0) is 19.0 Å². The zero-order chi connectivity index (χ0) is 21.7. The van der Waals surface area contributed by atoms with E-state index in [1.54, 1.807) is 0 Å². The highest BCUT2D eigenvalue weighted by atomic mass is 16.7. The molecule has 178 valence electrons. The van der Waals surface area contributed by atoms with Gasteiger partial charge in [-0.25, -0.2) is 0 Å². The van der Waals surface area contributed by atoms with E-state index in [1.165, 1.54) is 83.5 Å². The van der Waals surface area contributed by atoms with Crippen LogP contribution in [0.5, 0.6) is 0 Å². The van der Waals surface area contributed by atoms with Crippen LogP contribution in [0.3, 0.4) is 0 Å². The Morgan fingerprint density at radius 1 is 0.767 bits per heavy atom. The maximum atomic E-state index is 12.3. The molecule has 0 amide bonds. The highest BCUT2D eigenvalue weighted by Gasteiger charge is 2.23. The first kappa shape index (κ1) is 27.4. The van der Waals surface area contributed by atoms with Crippen LogP contribution in [-0.4, -0.2) is 32.1 Å². The second kappa shape index (κ2) is 20.3. The molecule has 4 heteroatoms. The van der Waals surface area contributed by atoms with E-state index in [4.69, 9.17) is 14.2 Å². The first-order chi connectivity index (χ1) is 14.8. The molecule has 0 aromatic heterocycles. The zero-order valence-electron chi connectivity index (χ0n) is 20.1. The standard InChI is InChI=1S/C26H50O4/c1-3-5-7-8-9-10-11-12-13-14-15-16-17-18-20-24(19-6-4-2)26(27)30-23-28-21-25-22-29-25/h24-25H,3-23H2,1-2H3. The average molecular weight is 427 g/mol. The fourth-order valence-corrected chi connectivity index (χ4v) is 3.98. The van der Waals surface area contributed by atoms with Gasteiger partial charge in [0.05, 0.1) is 19.1 Å². The highest BCUT2D eigenvalue weighted by molar-refractivity contribution is 5.72. The van der Waals surface area contributed by atoms with Crippen molar-refractivity contribution in [3.63, 3.8) is 0 Å². The Hall–Kier alpha value is -0.610. The summed E-state index contributed by atoms with van der Waals surface area (Å²) in [6.07, 6.45) is 23.4. The lowest BCUT2D eigenvalue weighted by molar-refractivity contribution is -0.162. The van der Waals surface area contributed by atoms with E-state index >= 15 is 0 Å². The SMILES string of the molecule is CCCCCCCCCCCCCCCCC(CCCC)C(=O)OCOCC1CO1. The molecule has 4 nitrogen and oxygen atoms in total. The lowest BCUT2D eigenvalue weighted by Crippen LogP contribution is -2.20. The first-order valence-corrected chi connectivity index (χ1v) is 13.1. The Bertz CT molecular complexity index is 381. The predicted octanol–water partition coefficient (Wildman–Crippen LogP) is 7.58. The van der Waals surface area contributed by atoms with E-state index in [1.807, 2.05) is 0 Å². The smallest absolute Gasteiger partial charge is 0.311 e. The summed E-state index contributed by atoms with van der Waals surface area (Å²) in [7, 11) is 0. The van der Waals surface area contributed by atoms with E-state index in [-0.39, 0.29) is 24.8 Å². The summed E-state index contributed by atoms with van der Waals surface area (Å²) in [5.74, 6) is -0.0297. The molecule has 0 aliphatic carbocycles. The first-order valence-electron chi connectivity index (χ1n) is 13.1. The number of hydrogen-bond acceptors (Lipinski definition) is 4. The van der Waals surface area contributed by atoms with Crippen LogP contribution in [0.1, 0.15) is 129 Å². The van der Waals surface area contributed by atoms with Gasteiger partial charge in [-0.15, -0.1) is 0 Å². The minimum atomic E-state index is -0.0742. The van der Waals surface area contributed by atoms with Gasteiger partial charge in [0.2, 0.25) is 0 Å². The molecule has 1 rings (SSSR count). The van der Waals surface area contributed by atoms with E-state index in [0.717, 1.165) is 38.7 Å². The van der Waals surface area contributed by atoms with Crippen molar-refractivity contribution < 1.29 is 19.0 Å². The van der Waals surface area contributed by atoms with E-state index < -0.39 is 0 Å². The number of esters is 1. The molecule has 1 aliphatic heterocycles. The van der Waals surface area contributed by atoms with Crippen LogP contribution < -0.4 is 0 Å². The molecule has 2 unspecified atom stereocenters. The van der Waals surface area contributed by atoms with Crippen LogP contribution >= 0.6 is 0 Å². The fraction of sp³-hybridized carbons (Fsp3) is 0.962. The number of rotatable bonds is 23.